The number of nitrogens with zero attached hydrogens (tertiary/aromatic N) is 2. The molecule has 1 N–H and O–H groups in total. The van der Waals surface area contributed by atoms with E-state index >= 15 is 0 Å². The molecule has 16 heavy (non-hydrogen) atoms. The van der Waals surface area contributed by atoms with Gasteiger partial charge in [0.05, 0.1) is 0 Å². The Balaban J connectivity index is 2.48. The molecular weight excluding hydrogens is 204 g/mol. The lowest BCUT2D eigenvalue weighted by molar-refractivity contribution is 0.0689. The molecule has 4 nitrogen and oxygen atoms in total. The number of carboxylic acid groups (broad SMARTS) is 1. The first-order chi connectivity index (χ1) is 7.38. The molecule has 1 fully saturated rings. The molecule has 0 aliphatic heterocycles. The van der Waals surface area contributed by atoms with E-state index in [4.69, 9.17) is 5.11 Å². The van der Waals surface area contributed by atoms with Gasteiger partial charge in [0, 0.05) is 17.0 Å². The lowest BCUT2D eigenvalue weighted by atomic mass is 9.95. The molecule has 1 saturated carbocycles. The van der Waals surface area contributed by atoms with Crippen molar-refractivity contribution < 1.29 is 9.90 Å². The van der Waals surface area contributed by atoms with Gasteiger partial charge < -0.3 is 5.11 Å². The highest BCUT2D eigenvalue weighted by atomic mass is 16.4. The summed E-state index contributed by atoms with van der Waals surface area (Å²) in [6, 6.07) is 1.61. The van der Waals surface area contributed by atoms with Gasteiger partial charge in [0.15, 0.2) is 5.69 Å². The Morgan fingerprint density at radius 1 is 1.38 bits per heavy atom. The van der Waals surface area contributed by atoms with Crippen LogP contribution in [0.4, 0.5) is 0 Å². The van der Waals surface area contributed by atoms with Gasteiger partial charge in [0.25, 0.3) is 0 Å². The summed E-state index contributed by atoms with van der Waals surface area (Å²) in [7, 11) is 0. The molecule has 86 valence electrons. The third-order valence-corrected chi connectivity index (χ3v) is 2.63. The van der Waals surface area contributed by atoms with E-state index in [2.05, 4.69) is 9.97 Å². The lowest BCUT2D eigenvalue weighted by Gasteiger charge is -2.17. The van der Waals surface area contributed by atoms with E-state index < -0.39 is 5.97 Å². The van der Waals surface area contributed by atoms with Crippen LogP contribution in [0.15, 0.2) is 6.07 Å². The third kappa shape index (κ3) is 2.21. The fourth-order valence-corrected chi connectivity index (χ4v) is 1.50. The molecule has 1 heterocycles. The third-order valence-electron chi connectivity index (χ3n) is 2.63. The summed E-state index contributed by atoms with van der Waals surface area (Å²) >= 11 is 0. The zero-order valence-corrected chi connectivity index (χ0v) is 9.82. The number of carboxylic acids is 1. The molecule has 0 radical (unpaired) electrons. The predicted molar refractivity (Wildman–Crippen MR) is 59.7 cm³/mol. The average Bonchev–Trinajstić information content (AvgIpc) is 2.98. The Morgan fingerprint density at radius 2 is 2.00 bits per heavy atom. The van der Waals surface area contributed by atoms with Gasteiger partial charge in [0.1, 0.15) is 5.82 Å². The van der Waals surface area contributed by atoms with Gasteiger partial charge in [-0.3, -0.25) is 0 Å². The van der Waals surface area contributed by atoms with Gasteiger partial charge in [-0.05, 0) is 18.9 Å². The van der Waals surface area contributed by atoms with Crippen LogP contribution < -0.4 is 0 Å². The second-order valence-corrected chi connectivity index (χ2v) is 5.33. The van der Waals surface area contributed by atoms with E-state index in [9.17, 15) is 4.79 Å². The minimum atomic E-state index is -0.977. The van der Waals surface area contributed by atoms with Crippen molar-refractivity contribution in [1.82, 2.24) is 9.97 Å². The predicted octanol–water partition coefficient (Wildman–Crippen LogP) is 2.35. The maximum Gasteiger partial charge on any atom is 0.354 e. The Bertz CT molecular complexity index is 431. The van der Waals surface area contributed by atoms with Crippen molar-refractivity contribution in [2.75, 3.05) is 0 Å². The van der Waals surface area contributed by atoms with Gasteiger partial charge >= 0.3 is 5.97 Å². The molecule has 1 aromatic rings. The molecule has 0 bridgehead atoms. The minimum Gasteiger partial charge on any atom is -0.477 e. The van der Waals surface area contributed by atoms with Crippen LogP contribution in [0.3, 0.4) is 0 Å². The molecule has 1 aliphatic carbocycles. The van der Waals surface area contributed by atoms with E-state index in [-0.39, 0.29) is 11.1 Å². The van der Waals surface area contributed by atoms with Gasteiger partial charge in [-0.2, -0.15) is 0 Å². The Kier molecular flexibility index (Phi) is 2.45. The van der Waals surface area contributed by atoms with E-state index in [1.165, 1.54) is 0 Å². The summed E-state index contributed by atoms with van der Waals surface area (Å²) in [5.41, 5.74) is 0.786. The SMILES string of the molecule is CC(C)(C)c1nc(C(=O)O)cc(C2CC2)n1. The van der Waals surface area contributed by atoms with Gasteiger partial charge in [-0.15, -0.1) is 0 Å². The van der Waals surface area contributed by atoms with E-state index in [1.54, 1.807) is 6.07 Å². The molecule has 0 amide bonds. The van der Waals surface area contributed by atoms with Crippen LogP contribution in [0.1, 0.15) is 61.5 Å². The zero-order valence-electron chi connectivity index (χ0n) is 9.82. The van der Waals surface area contributed by atoms with Crippen LogP contribution in [0.5, 0.6) is 0 Å². The molecule has 0 aromatic carbocycles. The first-order valence-electron chi connectivity index (χ1n) is 5.50. The largest absolute Gasteiger partial charge is 0.477 e. The smallest absolute Gasteiger partial charge is 0.354 e. The molecule has 0 atom stereocenters. The molecule has 2 rings (SSSR count). The van der Waals surface area contributed by atoms with Crippen molar-refractivity contribution in [1.29, 1.82) is 0 Å². The highest BCUT2D eigenvalue weighted by molar-refractivity contribution is 5.85. The Morgan fingerprint density at radius 3 is 2.44 bits per heavy atom. The number of hydrogen-bond acceptors (Lipinski definition) is 3. The molecule has 4 heteroatoms. The summed E-state index contributed by atoms with van der Waals surface area (Å²) in [5, 5.41) is 9.01. The molecule has 1 aliphatic rings. The number of hydrogen-bond donors (Lipinski definition) is 1. The quantitative estimate of drug-likeness (QED) is 0.831. The first-order valence-corrected chi connectivity index (χ1v) is 5.50. The van der Waals surface area contributed by atoms with Gasteiger partial charge in [0.2, 0.25) is 0 Å². The van der Waals surface area contributed by atoms with Crippen molar-refractivity contribution in [3.05, 3.63) is 23.3 Å². The van der Waals surface area contributed by atoms with E-state index in [1.807, 2.05) is 20.8 Å². The highest BCUT2D eigenvalue weighted by Crippen LogP contribution is 2.39. The zero-order chi connectivity index (χ0) is 11.9. The maximum absolute atomic E-state index is 11.0. The summed E-state index contributed by atoms with van der Waals surface area (Å²) in [6.45, 7) is 5.97. The van der Waals surface area contributed by atoms with E-state index in [0.29, 0.717) is 11.7 Å². The number of carbonyl (C=O) groups is 1. The van der Waals surface area contributed by atoms with Crippen molar-refractivity contribution >= 4 is 5.97 Å². The maximum atomic E-state index is 11.0. The molecule has 0 unspecified atom stereocenters. The van der Waals surface area contributed by atoms with Crippen LogP contribution >= 0.6 is 0 Å². The monoisotopic (exact) mass is 220 g/mol. The Hall–Kier alpha value is -1.45. The number of rotatable bonds is 2. The van der Waals surface area contributed by atoms with Crippen LogP contribution in [0.25, 0.3) is 0 Å². The van der Waals surface area contributed by atoms with Crippen LogP contribution in [0, 0.1) is 0 Å². The lowest BCUT2D eigenvalue weighted by Crippen LogP contribution is -2.19. The highest BCUT2D eigenvalue weighted by Gasteiger charge is 2.29. The van der Waals surface area contributed by atoms with Crippen molar-refractivity contribution in [2.24, 2.45) is 0 Å². The minimum absolute atomic E-state index is 0.113. The van der Waals surface area contributed by atoms with Gasteiger partial charge in [-0.25, -0.2) is 14.8 Å². The van der Waals surface area contributed by atoms with Crippen molar-refractivity contribution in [3.8, 4) is 0 Å². The second kappa shape index (κ2) is 3.54. The number of aromatic nitrogens is 2. The molecule has 1 aromatic heterocycles. The summed E-state index contributed by atoms with van der Waals surface area (Å²) in [5.74, 6) is 0.0892. The first kappa shape index (κ1) is 11.0. The molecule has 0 spiro atoms. The van der Waals surface area contributed by atoms with Crippen molar-refractivity contribution in [3.63, 3.8) is 0 Å². The molecule has 0 saturated heterocycles. The Labute approximate surface area is 94.7 Å². The van der Waals surface area contributed by atoms with Gasteiger partial charge in [-0.1, -0.05) is 20.8 Å². The fourth-order valence-electron chi connectivity index (χ4n) is 1.50. The second-order valence-electron chi connectivity index (χ2n) is 5.33. The van der Waals surface area contributed by atoms with Crippen LogP contribution in [0.2, 0.25) is 0 Å². The normalized spacial score (nSPS) is 16.2. The standard InChI is InChI=1S/C12H16N2O2/c1-12(2,3)11-13-8(7-4-5-7)6-9(14-11)10(15)16/h6-7H,4-5H2,1-3H3,(H,15,16). The molecular formula is C12H16N2O2. The summed E-state index contributed by atoms with van der Waals surface area (Å²) < 4.78 is 0. The average molecular weight is 220 g/mol. The van der Waals surface area contributed by atoms with Crippen LogP contribution in [-0.2, 0) is 5.41 Å². The number of aromatic carboxylic acids is 1. The topological polar surface area (TPSA) is 63.1 Å². The summed E-state index contributed by atoms with van der Waals surface area (Å²) in [4.78, 5) is 19.6. The summed E-state index contributed by atoms with van der Waals surface area (Å²) in [6.07, 6.45) is 2.22. The van der Waals surface area contributed by atoms with Crippen molar-refractivity contribution in [2.45, 2.75) is 44.9 Å². The van der Waals surface area contributed by atoms with Crippen LogP contribution in [-0.4, -0.2) is 21.0 Å². The van der Waals surface area contributed by atoms with E-state index in [0.717, 1.165) is 18.5 Å². The fraction of sp³-hybridized carbons (Fsp3) is 0.583.